The van der Waals surface area contributed by atoms with Crippen molar-refractivity contribution < 1.29 is 0 Å². The van der Waals surface area contributed by atoms with E-state index in [2.05, 4.69) is 46.6 Å². The van der Waals surface area contributed by atoms with Crippen LogP contribution in [0.25, 0.3) is 0 Å². The zero-order valence-electron chi connectivity index (χ0n) is 1.79. The Balaban J connectivity index is 0. The second-order valence-corrected chi connectivity index (χ2v) is 0. The molecule has 0 aromatic carbocycles. The summed E-state index contributed by atoms with van der Waals surface area (Å²) in [6.45, 7) is 0. The van der Waals surface area contributed by atoms with Crippen LogP contribution in [0.2, 0.25) is 0 Å². The summed E-state index contributed by atoms with van der Waals surface area (Å²) in [5.41, 5.74) is 0. The van der Waals surface area contributed by atoms with Gasteiger partial charge >= 0.3 is 0 Å². The summed E-state index contributed by atoms with van der Waals surface area (Å²) >= 11 is 12.9. The van der Waals surface area contributed by atoms with E-state index in [-0.39, 0.29) is 0 Å². The predicted molar refractivity (Wildman–Crippen MR) is 35.9 cm³/mol. The molecule has 0 unspecified atom stereocenters. The van der Waals surface area contributed by atoms with Crippen LogP contribution in [-0.4, -0.2) is 0 Å². The van der Waals surface area contributed by atoms with Crippen LogP contribution in [-0.2, 0) is 0 Å². The molecular formula is H4S4. The average Bonchev–Trinajstić information content (AvgIpc) is 1.50. The van der Waals surface area contributed by atoms with Crippen molar-refractivity contribution in [3.63, 3.8) is 0 Å². The summed E-state index contributed by atoms with van der Waals surface area (Å²) < 4.78 is 0. The van der Waals surface area contributed by atoms with E-state index in [0.717, 1.165) is 0 Å². The Labute approximate surface area is 46.8 Å². The van der Waals surface area contributed by atoms with Crippen molar-refractivity contribution in [1.29, 1.82) is 0 Å². The standard InChI is InChI=1S/2H2S2/c2*1-2/h2*1-2H. The van der Waals surface area contributed by atoms with Gasteiger partial charge in [0.25, 0.3) is 0 Å². The van der Waals surface area contributed by atoms with E-state index in [4.69, 9.17) is 0 Å². The van der Waals surface area contributed by atoms with E-state index >= 15 is 0 Å². The predicted octanol–water partition coefficient (Wildman–Crippen LogP) is 1.52. The summed E-state index contributed by atoms with van der Waals surface area (Å²) in [4.78, 5) is 0. The molecule has 0 aromatic heterocycles. The van der Waals surface area contributed by atoms with Gasteiger partial charge in [0.2, 0.25) is 0 Å². The molecule has 0 aliphatic rings. The van der Waals surface area contributed by atoms with Gasteiger partial charge in [-0.2, -0.15) is 0 Å². The molecule has 0 aromatic rings. The smallest absolute Gasteiger partial charge is 0.115 e. The van der Waals surface area contributed by atoms with Gasteiger partial charge in [0, 0.05) is 0 Å². The van der Waals surface area contributed by atoms with Gasteiger partial charge in [-0.1, -0.05) is 0 Å². The van der Waals surface area contributed by atoms with Crippen molar-refractivity contribution >= 4 is 46.6 Å². The van der Waals surface area contributed by atoms with Crippen molar-refractivity contribution in [2.75, 3.05) is 0 Å². The summed E-state index contributed by atoms with van der Waals surface area (Å²) in [6, 6.07) is 0. The largest absolute Gasteiger partial charge is 0.115 e. The molecule has 0 aliphatic heterocycles. The molecule has 4 heteroatoms. The first-order valence-corrected chi connectivity index (χ1v) is 3.60. The topological polar surface area (TPSA) is 0 Å². The third-order valence-electron chi connectivity index (χ3n) is 0. The van der Waals surface area contributed by atoms with Crippen LogP contribution in [0, 0.1) is 0 Å². The lowest BCUT2D eigenvalue weighted by Gasteiger charge is -1.11. The lowest BCUT2D eigenvalue weighted by molar-refractivity contribution is 6.59. The molecule has 0 aliphatic carbocycles. The molecule has 0 fully saturated rings. The van der Waals surface area contributed by atoms with Crippen molar-refractivity contribution in [2.45, 2.75) is 0 Å². The van der Waals surface area contributed by atoms with Crippen LogP contribution < -0.4 is 0 Å². The average molecular weight is 132 g/mol. The molecule has 0 saturated carbocycles. The molecule has 0 saturated heterocycles. The lowest BCUT2D eigenvalue weighted by atomic mass is 31.1. The third-order valence-corrected chi connectivity index (χ3v) is 0. The van der Waals surface area contributed by atoms with Gasteiger partial charge < -0.3 is 0 Å². The molecule has 0 amide bonds. The molecule has 0 nitrogen and oxygen atoms in total. The van der Waals surface area contributed by atoms with Crippen LogP contribution >= 0.6 is 46.6 Å². The van der Waals surface area contributed by atoms with Gasteiger partial charge in [-0.3, -0.25) is 0 Å². The monoisotopic (exact) mass is 132 g/mol. The Morgan fingerprint density at radius 3 is 0.500 bits per heavy atom. The maximum Gasteiger partial charge on any atom is -0.115 e. The highest BCUT2D eigenvalue weighted by molar-refractivity contribution is 8.59. The molecular weight excluding hydrogens is 128 g/mol. The summed E-state index contributed by atoms with van der Waals surface area (Å²) in [5, 5.41) is 0. The molecule has 0 rings (SSSR count). The normalized spacial score (nSPS) is 3.00. The summed E-state index contributed by atoms with van der Waals surface area (Å²) in [5.74, 6) is 0. The highest BCUT2D eigenvalue weighted by Crippen LogP contribution is 1.65. The van der Waals surface area contributed by atoms with E-state index in [9.17, 15) is 0 Å². The van der Waals surface area contributed by atoms with Gasteiger partial charge in [0.1, 0.15) is 0 Å². The quantitative estimate of drug-likeness (QED) is 0.279. The van der Waals surface area contributed by atoms with Crippen LogP contribution in [0.1, 0.15) is 0 Å². The molecule has 4 heavy (non-hydrogen) atoms. The summed E-state index contributed by atoms with van der Waals surface area (Å²) in [7, 11) is 0. The molecule has 0 heterocycles. The fourth-order valence-corrected chi connectivity index (χ4v) is 0. The third kappa shape index (κ3) is 9.99. The van der Waals surface area contributed by atoms with E-state index in [1.54, 1.807) is 0 Å². The SMILES string of the molecule is SS.SS. The first-order valence-electron chi connectivity index (χ1n) is 0.400. The van der Waals surface area contributed by atoms with Gasteiger partial charge in [0.05, 0.1) is 0 Å². The highest BCUT2D eigenvalue weighted by atomic mass is 33.1. The minimum Gasteiger partial charge on any atom is -0.115 e. The molecule has 0 bridgehead atoms. The Morgan fingerprint density at radius 1 is 0.500 bits per heavy atom. The van der Waals surface area contributed by atoms with Crippen molar-refractivity contribution in [3.05, 3.63) is 0 Å². The van der Waals surface area contributed by atoms with Crippen LogP contribution in [0.4, 0.5) is 0 Å². The first kappa shape index (κ1) is 9.04. The molecule has 0 atom stereocenters. The summed E-state index contributed by atoms with van der Waals surface area (Å²) in [6.07, 6.45) is 0. The van der Waals surface area contributed by atoms with E-state index in [1.165, 1.54) is 0 Å². The zero-order valence-corrected chi connectivity index (χ0v) is 5.37. The first-order chi connectivity index (χ1) is 2.00. The van der Waals surface area contributed by atoms with Gasteiger partial charge in [-0.05, 0) is 0 Å². The van der Waals surface area contributed by atoms with Gasteiger partial charge in [-0.25, -0.2) is 0 Å². The van der Waals surface area contributed by atoms with Crippen LogP contribution in [0.5, 0.6) is 0 Å². The van der Waals surface area contributed by atoms with Crippen molar-refractivity contribution in [3.8, 4) is 0 Å². The molecule has 28 valence electrons. The minimum atomic E-state index is 3.22. The number of hydrogen-bond donors (Lipinski definition) is 4. The molecule has 0 radical (unpaired) electrons. The minimum absolute atomic E-state index is 3.22. The zero-order chi connectivity index (χ0) is 4.00. The second kappa shape index (κ2) is 26.0. The van der Waals surface area contributed by atoms with Crippen molar-refractivity contribution in [1.82, 2.24) is 0 Å². The number of hydrogen-bond acceptors (Lipinski definition) is 4. The Bertz CT molecular complexity index is 0. The second-order valence-electron chi connectivity index (χ2n) is 0. The van der Waals surface area contributed by atoms with Crippen molar-refractivity contribution in [2.24, 2.45) is 0 Å². The Hall–Kier alpha value is 1.40. The lowest BCUT2D eigenvalue weighted by Crippen LogP contribution is -0.352. The van der Waals surface area contributed by atoms with E-state index in [1.807, 2.05) is 0 Å². The highest BCUT2D eigenvalue weighted by Gasteiger charge is 0.887. The fraction of sp³-hybridized carbons (Fsp3) is 0. The number of thiol groups is 4. The van der Waals surface area contributed by atoms with E-state index in [0.29, 0.717) is 0 Å². The molecule has 0 spiro atoms. The number of rotatable bonds is 0. The maximum atomic E-state index is 3.22. The van der Waals surface area contributed by atoms with Crippen LogP contribution in [0.15, 0.2) is 0 Å². The Kier molecular flexibility index (Phi) is 58.7. The van der Waals surface area contributed by atoms with Crippen LogP contribution in [0.3, 0.4) is 0 Å². The maximum absolute atomic E-state index is 3.22. The van der Waals surface area contributed by atoms with E-state index < -0.39 is 0 Å². The van der Waals surface area contributed by atoms with Gasteiger partial charge in [-0.15, -0.1) is 46.6 Å². The fourth-order valence-electron chi connectivity index (χ4n) is 0. The Morgan fingerprint density at radius 2 is 0.500 bits per heavy atom. The molecule has 0 N–H and O–H groups in total. The van der Waals surface area contributed by atoms with Gasteiger partial charge in [0.15, 0.2) is 0 Å².